The monoisotopic (exact) mass is 373 g/mol. The molecule has 0 bridgehead atoms. The molecule has 1 aromatic carbocycles. The van der Waals surface area contributed by atoms with Crippen molar-refractivity contribution in [2.75, 3.05) is 13.1 Å². The largest absolute Gasteiger partial charge is 0.481 e. The Kier molecular flexibility index (Phi) is 4.79. The number of nitrogens with zero attached hydrogens (tertiary/aromatic N) is 1. The third kappa shape index (κ3) is 3.68. The van der Waals surface area contributed by atoms with Crippen LogP contribution in [0.1, 0.15) is 29.6 Å². The van der Waals surface area contributed by atoms with E-state index in [1.165, 1.54) is 0 Å². The summed E-state index contributed by atoms with van der Waals surface area (Å²) in [6, 6.07) is 7.54. The SMILES string of the molecule is O=C(O)CC1CCN(C(=O)c2ccccc2I)CC1. The number of piperidine rings is 1. The standard InChI is InChI=1S/C14H16INO3/c15-12-4-2-1-3-11(12)14(19)16-7-5-10(6-8-16)9-13(17)18/h1-4,10H,5-9H2,(H,17,18). The molecular weight excluding hydrogens is 357 g/mol. The zero-order valence-electron chi connectivity index (χ0n) is 10.5. The lowest BCUT2D eigenvalue weighted by atomic mass is 9.93. The molecule has 0 radical (unpaired) electrons. The Morgan fingerprint density at radius 1 is 1.26 bits per heavy atom. The lowest BCUT2D eigenvalue weighted by Crippen LogP contribution is -2.39. The predicted molar refractivity (Wildman–Crippen MR) is 80.0 cm³/mol. The third-order valence-corrected chi connectivity index (χ3v) is 4.41. The van der Waals surface area contributed by atoms with Gasteiger partial charge in [-0.1, -0.05) is 12.1 Å². The van der Waals surface area contributed by atoms with Gasteiger partial charge < -0.3 is 10.0 Å². The lowest BCUT2D eigenvalue weighted by molar-refractivity contribution is -0.138. The van der Waals surface area contributed by atoms with Crippen LogP contribution >= 0.6 is 22.6 Å². The second-order valence-electron chi connectivity index (χ2n) is 4.81. The molecular formula is C14H16INO3. The molecule has 2 rings (SSSR count). The molecule has 4 nitrogen and oxygen atoms in total. The smallest absolute Gasteiger partial charge is 0.303 e. The summed E-state index contributed by atoms with van der Waals surface area (Å²) < 4.78 is 0.956. The molecule has 1 amide bonds. The minimum absolute atomic E-state index is 0.0544. The normalized spacial score (nSPS) is 16.4. The number of amides is 1. The van der Waals surface area contributed by atoms with Crippen LogP contribution in [0.25, 0.3) is 0 Å². The molecule has 1 fully saturated rings. The molecule has 102 valence electrons. The Bertz CT molecular complexity index is 481. The Morgan fingerprint density at radius 3 is 2.47 bits per heavy atom. The number of hydrogen-bond donors (Lipinski definition) is 1. The minimum atomic E-state index is -0.748. The average Bonchev–Trinajstić information content (AvgIpc) is 2.39. The van der Waals surface area contributed by atoms with Crippen LogP contribution < -0.4 is 0 Å². The molecule has 19 heavy (non-hydrogen) atoms. The van der Waals surface area contributed by atoms with Crippen LogP contribution in [-0.2, 0) is 4.79 Å². The Morgan fingerprint density at radius 2 is 1.89 bits per heavy atom. The van der Waals surface area contributed by atoms with Crippen LogP contribution in [0.3, 0.4) is 0 Å². The lowest BCUT2D eigenvalue weighted by Gasteiger charge is -2.31. The first-order valence-corrected chi connectivity index (χ1v) is 7.41. The number of rotatable bonds is 3. The fourth-order valence-electron chi connectivity index (χ4n) is 2.39. The van der Waals surface area contributed by atoms with Crippen LogP contribution in [0.4, 0.5) is 0 Å². The van der Waals surface area contributed by atoms with Gasteiger partial charge in [-0.15, -0.1) is 0 Å². The first kappa shape index (κ1) is 14.3. The molecule has 1 N–H and O–H groups in total. The summed E-state index contributed by atoms with van der Waals surface area (Å²) in [4.78, 5) is 24.9. The van der Waals surface area contributed by atoms with Gasteiger partial charge in [0.05, 0.1) is 5.56 Å². The van der Waals surface area contributed by atoms with Gasteiger partial charge in [-0.05, 0) is 53.5 Å². The van der Waals surface area contributed by atoms with Gasteiger partial charge in [0.2, 0.25) is 0 Å². The number of carbonyl (C=O) groups is 2. The summed E-state index contributed by atoms with van der Waals surface area (Å²) in [7, 11) is 0. The van der Waals surface area contributed by atoms with Crippen LogP contribution in [-0.4, -0.2) is 35.0 Å². The number of carboxylic acids is 1. The van der Waals surface area contributed by atoms with Crippen molar-refractivity contribution in [1.29, 1.82) is 0 Å². The average molecular weight is 373 g/mol. The van der Waals surface area contributed by atoms with Crippen molar-refractivity contribution in [1.82, 2.24) is 4.90 Å². The van der Waals surface area contributed by atoms with E-state index < -0.39 is 5.97 Å². The fourth-order valence-corrected chi connectivity index (χ4v) is 3.01. The van der Waals surface area contributed by atoms with Crippen molar-refractivity contribution in [2.45, 2.75) is 19.3 Å². The first-order chi connectivity index (χ1) is 9.08. The van der Waals surface area contributed by atoms with E-state index in [0.717, 1.165) is 22.0 Å². The summed E-state index contributed by atoms with van der Waals surface area (Å²) >= 11 is 2.17. The summed E-state index contributed by atoms with van der Waals surface area (Å²) in [6.07, 6.45) is 1.77. The highest BCUT2D eigenvalue weighted by Crippen LogP contribution is 2.23. The molecule has 1 saturated heterocycles. The molecule has 0 atom stereocenters. The summed E-state index contributed by atoms with van der Waals surface area (Å²) in [5.41, 5.74) is 0.736. The van der Waals surface area contributed by atoms with Gasteiger partial charge in [-0.2, -0.15) is 0 Å². The molecule has 0 saturated carbocycles. The van der Waals surface area contributed by atoms with Gasteiger partial charge >= 0.3 is 5.97 Å². The Balaban J connectivity index is 1.96. The van der Waals surface area contributed by atoms with Crippen molar-refractivity contribution >= 4 is 34.5 Å². The Hall–Kier alpha value is -1.11. The highest BCUT2D eigenvalue weighted by molar-refractivity contribution is 14.1. The predicted octanol–water partition coefficient (Wildman–Crippen LogP) is 2.62. The highest BCUT2D eigenvalue weighted by Gasteiger charge is 2.25. The zero-order valence-corrected chi connectivity index (χ0v) is 12.7. The summed E-state index contributed by atoms with van der Waals surface area (Å²) in [5, 5.41) is 8.77. The number of carbonyl (C=O) groups excluding carboxylic acids is 1. The molecule has 1 heterocycles. The molecule has 1 aliphatic rings. The van der Waals surface area contributed by atoms with E-state index in [0.29, 0.717) is 13.1 Å². The highest BCUT2D eigenvalue weighted by atomic mass is 127. The van der Waals surface area contributed by atoms with Crippen molar-refractivity contribution in [3.8, 4) is 0 Å². The molecule has 5 heteroatoms. The molecule has 0 aliphatic carbocycles. The number of aliphatic carboxylic acids is 1. The van der Waals surface area contributed by atoms with Gasteiger partial charge in [0.1, 0.15) is 0 Å². The molecule has 1 aromatic rings. The van der Waals surface area contributed by atoms with Gasteiger partial charge in [0.25, 0.3) is 5.91 Å². The number of likely N-dealkylation sites (tertiary alicyclic amines) is 1. The maximum Gasteiger partial charge on any atom is 0.303 e. The van der Waals surface area contributed by atoms with Crippen molar-refractivity contribution in [3.63, 3.8) is 0 Å². The quantitative estimate of drug-likeness (QED) is 0.829. The van der Waals surface area contributed by atoms with E-state index in [9.17, 15) is 9.59 Å². The van der Waals surface area contributed by atoms with E-state index >= 15 is 0 Å². The van der Waals surface area contributed by atoms with Crippen LogP contribution in [0.5, 0.6) is 0 Å². The Labute approximate surface area is 125 Å². The van der Waals surface area contributed by atoms with E-state index in [1.807, 2.05) is 29.2 Å². The van der Waals surface area contributed by atoms with Gasteiger partial charge in [-0.25, -0.2) is 0 Å². The van der Waals surface area contributed by atoms with E-state index in [2.05, 4.69) is 22.6 Å². The van der Waals surface area contributed by atoms with Gasteiger partial charge in [0.15, 0.2) is 0 Å². The number of carboxylic acid groups (broad SMARTS) is 1. The van der Waals surface area contributed by atoms with Gasteiger partial charge in [0, 0.05) is 23.1 Å². The van der Waals surface area contributed by atoms with Crippen molar-refractivity contribution in [2.24, 2.45) is 5.92 Å². The minimum Gasteiger partial charge on any atom is -0.481 e. The number of benzene rings is 1. The maximum atomic E-state index is 12.4. The van der Waals surface area contributed by atoms with Crippen molar-refractivity contribution < 1.29 is 14.7 Å². The first-order valence-electron chi connectivity index (χ1n) is 6.33. The van der Waals surface area contributed by atoms with E-state index in [-0.39, 0.29) is 18.2 Å². The summed E-state index contributed by atoms with van der Waals surface area (Å²) in [6.45, 7) is 1.31. The molecule has 0 unspecified atom stereocenters. The second kappa shape index (κ2) is 6.36. The second-order valence-corrected chi connectivity index (χ2v) is 5.98. The zero-order chi connectivity index (χ0) is 13.8. The number of hydrogen-bond acceptors (Lipinski definition) is 2. The molecule has 0 aromatic heterocycles. The van der Waals surface area contributed by atoms with E-state index in [4.69, 9.17) is 5.11 Å². The van der Waals surface area contributed by atoms with E-state index in [1.54, 1.807) is 0 Å². The van der Waals surface area contributed by atoms with Crippen LogP contribution in [0.2, 0.25) is 0 Å². The number of halogens is 1. The summed E-state index contributed by atoms with van der Waals surface area (Å²) in [5.74, 6) is -0.488. The topological polar surface area (TPSA) is 57.6 Å². The molecule has 1 aliphatic heterocycles. The maximum absolute atomic E-state index is 12.4. The van der Waals surface area contributed by atoms with Crippen LogP contribution in [0.15, 0.2) is 24.3 Å². The fraction of sp³-hybridized carbons (Fsp3) is 0.429. The molecule has 0 spiro atoms. The third-order valence-electron chi connectivity index (χ3n) is 3.47. The van der Waals surface area contributed by atoms with Crippen molar-refractivity contribution in [3.05, 3.63) is 33.4 Å². The van der Waals surface area contributed by atoms with Gasteiger partial charge in [-0.3, -0.25) is 9.59 Å². The van der Waals surface area contributed by atoms with Crippen LogP contribution in [0, 0.1) is 9.49 Å².